The smallest absolute Gasteiger partial charge is 0.275 e. The molecule has 0 spiro atoms. The van der Waals surface area contributed by atoms with Crippen LogP contribution in [0.3, 0.4) is 0 Å². The van der Waals surface area contributed by atoms with Gasteiger partial charge in [0.05, 0.1) is 42.7 Å². The zero-order chi connectivity index (χ0) is 31.2. The summed E-state index contributed by atoms with van der Waals surface area (Å²) in [6.07, 6.45) is 2.36. The molecular formula is C35H33N5O5. The Kier molecular flexibility index (Phi) is 8.84. The van der Waals surface area contributed by atoms with Crippen LogP contribution in [0.2, 0.25) is 0 Å². The highest BCUT2D eigenvalue weighted by Gasteiger charge is 2.20. The molecule has 0 unspecified atom stereocenters. The van der Waals surface area contributed by atoms with E-state index in [1.807, 2.05) is 30.3 Å². The third-order valence-electron chi connectivity index (χ3n) is 7.69. The lowest BCUT2D eigenvalue weighted by atomic mass is 9.99. The van der Waals surface area contributed by atoms with Gasteiger partial charge in [-0.1, -0.05) is 24.3 Å². The first-order valence-electron chi connectivity index (χ1n) is 14.6. The molecule has 2 amide bonds. The van der Waals surface area contributed by atoms with Gasteiger partial charge in [0, 0.05) is 25.3 Å². The number of hydrogen-bond donors (Lipinski definition) is 2. The van der Waals surface area contributed by atoms with Crippen LogP contribution in [0.1, 0.15) is 32.0 Å². The minimum Gasteiger partial charge on any atom is -0.493 e. The second kappa shape index (κ2) is 13.4. The van der Waals surface area contributed by atoms with Crippen LogP contribution >= 0.6 is 0 Å². The molecule has 2 heterocycles. The second-order valence-electron chi connectivity index (χ2n) is 10.6. The lowest BCUT2D eigenvalue weighted by Gasteiger charge is -2.29. The fourth-order valence-electron chi connectivity index (χ4n) is 5.30. The van der Waals surface area contributed by atoms with Crippen LogP contribution in [-0.2, 0) is 13.0 Å². The highest BCUT2D eigenvalue weighted by molar-refractivity contribution is 6.12. The van der Waals surface area contributed by atoms with Crippen LogP contribution in [0.4, 0.5) is 11.4 Å². The Morgan fingerprint density at radius 3 is 2.31 bits per heavy atom. The molecule has 0 bridgehead atoms. The maximum atomic E-state index is 13.2. The molecule has 45 heavy (non-hydrogen) atoms. The average molecular weight is 604 g/mol. The van der Waals surface area contributed by atoms with Gasteiger partial charge in [-0.3, -0.25) is 19.5 Å². The van der Waals surface area contributed by atoms with E-state index >= 15 is 0 Å². The zero-order valence-corrected chi connectivity index (χ0v) is 25.1. The van der Waals surface area contributed by atoms with Crippen molar-refractivity contribution < 1.29 is 23.8 Å². The number of benzene rings is 4. The van der Waals surface area contributed by atoms with E-state index in [-0.39, 0.29) is 11.6 Å². The molecule has 228 valence electrons. The Morgan fingerprint density at radius 1 is 0.822 bits per heavy atom. The summed E-state index contributed by atoms with van der Waals surface area (Å²) >= 11 is 0. The fourth-order valence-corrected chi connectivity index (χ4v) is 5.30. The number of ether oxygens (including phenoxy) is 3. The number of fused-ring (bicyclic) bond motifs is 2. The molecule has 1 aliphatic rings. The van der Waals surface area contributed by atoms with Gasteiger partial charge in [-0.2, -0.15) is 0 Å². The summed E-state index contributed by atoms with van der Waals surface area (Å²) < 4.78 is 16.9. The van der Waals surface area contributed by atoms with E-state index in [2.05, 4.69) is 37.6 Å². The van der Waals surface area contributed by atoms with Gasteiger partial charge >= 0.3 is 0 Å². The van der Waals surface area contributed by atoms with Crippen molar-refractivity contribution in [1.29, 1.82) is 0 Å². The number of methoxy groups -OCH3 is 2. The van der Waals surface area contributed by atoms with Crippen molar-refractivity contribution in [2.24, 2.45) is 0 Å². The number of rotatable bonds is 10. The van der Waals surface area contributed by atoms with Crippen molar-refractivity contribution in [3.63, 3.8) is 0 Å². The number of nitrogens with zero attached hydrogens (tertiary/aromatic N) is 3. The van der Waals surface area contributed by atoms with E-state index in [0.717, 1.165) is 37.6 Å². The highest BCUT2D eigenvalue weighted by atomic mass is 16.5. The Bertz CT molecular complexity index is 1840. The Hall–Kier alpha value is -5.48. The van der Waals surface area contributed by atoms with E-state index in [4.69, 9.17) is 14.2 Å². The molecule has 0 aliphatic carbocycles. The van der Waals surface area contributed by atoms with E-state index < -0.39 is 5.91 Å². The van der Waals surface area contributed by atoms with E-state index in [1.165, 1.54) is 17.3 Å². The minimum atomic E-state index is -0.455. The van der Waals surface area contributed by atoms with Crippen LogP contribution in [0.25, 0.3) is 11.0 Å². The summed E-state index contributed by atoms with van der Waals surface area (Å²) in [6, 6.07) is 25.5. The van der Waals surface area contributed by atoms with E-state index in [1.54, 1.807) is 56.7 Å². The molecule has 1 aliphatic heterocycles. The summed E-state index contributed by atoms with van der Waals surface area (Å²) in [5, 5.41) is 5.69. The highest BCUT2D eigenvalue weighted by Crippen LogP contribution is 2.33. The molecule has 0 saturated carbocycles. The van der Waals surface area contributed by atoms with Gasteiger partial charge in [0.1, 0.15) is 18.1 Å². The van der Waals surface area contributed by atoms with Gasteiger partial charge in [-0.15, -0.1) is 0 Å². The van der Waals surface area contributed by atoms with Crippen LogP contribution in [0.5, 0.6) is 17.2 Å². The number of anilines is 2. The number of nitrogens with one attached hydrogen (secondary N) is 2. The predicted octanol–water partition coefficient (Wildman–Crippen LogP) is 5.59. The molecule has 0 atom stereocenters. The lowest BCUT2D eigenvalue weighted by molar-refractivity contribution is 0.102. The van der Waals surface area contributed by atoms with E-state index in [9.17, 15) is 9.59 Å². The summed E-state index contributed by atoms with van der Waals surface area (Å²) in [6.45, 7) is 3.07. The van der Waals surface area contributed by atoms with Gasteiger partial charge in [0.25, 0.3) is 11.8 Å². The van der Waals surface area contributed by atoms with Crippen molar-refractivity contribution in [2.75, 3.05) is 44.5 Å². The monoisotopic (exact) mass is 603 g/mol. The largest absolute Gasteiger partial charge is 0.493 e. The number of para-hydroxylation sites is 3. The van der Waals surface area contributed by atoms with Crippen molar-refractivity contribution in [3.8, 4) is 17.2 Å². The number of aromatic nitrogens is 2. The van der Waals surface area contributed by atoms with Crippen molar-refractivity contribution >= 4 is 34.2 Å². The first-order valence-corrected chi connectivity index (χ1v) is 14.6. The van der Waals surface area contributed by atoms with E-state index in [0.29, 0.717) is 40.3 Å². The second-order valence-corrected chi connectivity index (χ2v) is 10.6. The standard InChI is InChI=1S/C35H33N5O5/c1-43-32-19-23-15-16-40(22-24(23)20-33(32)44-2)17-18-45-26-13-11-25(12-14-26)37-34(41)27-7-3-4-8-28(27)39-35(42)31-21-36-29-9-5-6-10-30(29)38-31/h3-14,19-21H,15-18,22H2,1-2H3,(H,37,41)(H,39,42). The number of amides is 2. The summed E-state index contributed by atoms with van der Waals surface area (Å²) in [5.74, 6) is 1.40. The molecule has 10 heteroatoms. The Balaban J connectivity index is 1.02. The number of carbonyl (C=O) groups is 2. The normalized spacial score (nSPS) is 12.7. The van der Waals surface area contributed by atoms with Gasteiger partial charge < -0.3 is 24.8 Å². The zero-order valence-electron chi connectivity index (χ0n) is 25.1. The summed E-state index contributed by atoms with van der Waals surface area (Å²) in [5.41, 5.74) is 5.28. The quantitative estimate of drug-likeness (QED) is 0.212. The summed E-state index contributed by atoms with van der Waals surface area (Å²) in [7, 11) is 3.31. The van der Waals surface area contributed by atoms with Crippen molar-refractivity contribution in [3.05, 3.63) is 114 Å². The van der Waals surface area contributed by atoms with Crippen LogP contribution in [-0.4, -0.2) is 60.6 Å². The topological polar surface area (TPSA) is 115 Å². The third kappa shape index (κ3) is 6.86. The van der Waals surface area contributed by atoms with Crippen LogP contribution < -0.4 is 24.8 Å². The Labute approximate surface area is 261 Å². The molecule has 4 aromatic carbocycles. The first kappa shape index (κ1) is 29.6. The molecular weight excluding hydrogens is 570 g/mol. The number of carbonyl (C=O) groups excluding carboxylic acids is 2. The average Bonchev–Trinajstić information content (AvgIpc) is 3.08. The van der Waals surface area contributed by atoms with Gasteiger partial charge in [-0.05, 0) is 78.2 Å². The third-order valence-corrected chi connectivity index (χ3v) is 7.69. The molecule has 0 fully saturated rings. The Morgan fingerprint density at radius 2 is 1.53 bits per heavy atom. The lowest BCUT2D eigenvalue weighted by Crippen LogP contribution is -2.33. The maximum absolute atomic E-state index is 13.2. The van der Waals surface area contributed by atoms with Gasteiger partial charge in [0.15, 0.2) is 11.5 Å². The summed E-state index contributed by atoms with van der Waals surface area (Å²) in [4.78, 5) is 37.2. The van der Waals surface area contributed by atoms with Gasteiger partial charge in [-0.25, -0.2) is 4.98 Å². The first-order chi connectivity index (χ1) is 22.0. The van der Waals surface area contributed by atoms with Gasteiger partial charge in [0.2, 0.25) is 0 Å². The van der Waals surface area contributed by atoms with Crippen molar-refractivity contribution in [2.45, 2.75) is 13.0 Å². The molecule has 5 aromatic rings. The molecule has 0 radical (unpaired) electrons. The van der Waals surface area contributed by atoms with Crippen LogP contribution in [0, 0.1) is 0 Å². The van der Waals surface area contributed by atoms with Crippen LogP contribution in [0.15, 0.2) is 91.1 Å². The predicted molar refractivity (Wildman–Crippen MR) is 172 cm³/mol. The molecule has 6 rings (SSSR count). The molecule has 10 nitrogen and oxygen atoms in total. The number of hydrogen-bond acceptors (Lipinski definition) is 8. The molecule has 1 aromatic heterocycles. The molecule has 2 N–H and O–H groups in total. The minimum absolute atomic E-state index is 0.158. The fraction of sp³-hybridized carbons (Fsp3) is 0.200. The van der Waals surface area contributed by atoms with Crippen molar-refractivity contribution in [1.82, 2.24) is 14.9 Å². The molecule has 0 saturated heterocycles. The SMILES string of the molecule is COc1cc2c(cc1OC)CN(CCOc1ccc(NC(=O)c3ccccc3NC(=O)c3cnc4ccccc4n3)cc1)CC2. The maximum Gasteiger partial charge on any atom is 0.275 e.